The first-order valence-electron chi connectivity index (χ1n) is 6.30. The lowest BCUT2D eigenvalue weighted by Gasteiger charge is -2.27. The van der Waals surface area contributed by atoms with Crippen LogP contribution in [0, 0.1) is 23.0 Å². The summed E-state index contributed by atoms with van der Waals surface area (Å²) < 4.78 is 0. The minimum absolute atomic E-state index is 0.135. The monoisotopic (exact) mass is 250 g/mol. The molecule has 0 amide bonds. The van der Waals surface area contributed by atoms with Crippen LogP contribution in [0.2, 0.25) is 0 Å². The minimum Gasteiger partial charge on any atom is -0.317 e. The van der Waals surface area contributed by atoms with E-state index in [-0.39, 0.29) is 22.6 Å². The Kier molecular flexibility index (Phi) is 4.84. The Balaban J connectivity index is 3.34. The smallest absolute Gasteiger partial charge is 0.272 e. The van der Waals surface area contributed by atoms with Crippen molar-refractivity contribution in [2.24, 2.45) is 5.92 Å². The average Bonchev–Trinajstić information content (AvgIpc) is 2.28. The van der Waals surface area contributed by atoms with Gasteiger partial charge in [0.25, 0.3) is 5.69 Å². The highest BCUT2D eigenvalue weighted by Crippen LogP contribution is 2.34. The fourth-order valence-corrected chi connectivity index (χ4v) is 2.49. The molecule has 1 aromatic rings. The van der Waals surface area contributed by atoms with Crippen LogP contribution in [0.1, 0.15) is 37.8 Å². The number of nitro groups is 1. The van der Waals surface area contributed by atoms with E-state index in [2.05, 4.69) is 26.1 Å². The summed E-state index contributed by atoms with van der Waals surface area (Å²) in [4.78, 5) is 10.9. The molecule has 0 aliphatic carbocycles. The van der Waals surface area contributed by atoms with Crippen LogP contribution in [-0.4, -0.2) is 18.0 Å². The highest BCUT2D eigenvalue weighted by atomic mass is 16.6. The summed E-state index contributed by atoms with van der Waals surface area (Å²) in [6, 6.07) is 5.55. The van der Waals surface area contributed by atoms with E-state index >= 15 is 0 Å². The first-order chi connectivity index (χ1) is 8.38. The van der Waals surface area contributed by atoms with Crippen molar-refractivity contribution in [1.82, 2.24) is 5.32 Å². The van der Waals surface area contributed by atoms with Crippen LogP contribution in [0.5, 0.6) is 0 Å². The number of hydrogen-bond donors (Lipinski definition) is 1. The van der Waals surface area contributed by atoms with Gasteiger partial charge in [-0.05, 0) is 32.9 Å². The van der Waals surface area contributed by atoms with Gasteiger partial charge in [-0.15, -0.1) is 0 Å². The van der Waals surface area contributed by atoms with Gasteiger partial charge in [-0.2, -0.15) is 0 Å². The molecule has 2 unspecified atom stereocenters. The molecule has 0 bridgehead atoms. The maximum atomic E-state index is 11.2. The molecule has 1 N–H and O–H groups in total. The zero-order valence-electron chi connectivity index (χ0n) is 11.7. The Morgan fingerprint density at radius 2 is 1.89 bits per heavy atom. The largest absolute Gasteiger partial charge is 0.317 e. The highest BCUT2D eigenvalue weighted by molar-refractivity contribution is 5.45. The molecule has 0 aliphatic rings. The molecule has 0 radical (unpaired) electrons. The molecular formula is C14H22N2O2. The van der Waals surface area contributed by atoms with Gasteiger partial charge in [0.2, 0.25) is 0 Å². The van der Waals surface area contributed by atoms with Crippen molar-refractivity contribution in [3.05, 3.63) is 39.4 Å². The molecule has 18 heavy (non-hydrogen) atoms. The number of nitro benzene ring substituents is 1. The van der Waals surface area contributed by atoms with Crippen LogP contribution in [0.15, 0.2) is 18.2 Å². The Hall–Kier alpha value is -1.42. The molecule has 0 aromatic heterocycles. The van der Waals surface area contributed by atoms with Crippen LogP contribution in [0.3, 0.4) is 0 Å². The van der Waals surface area contributed by atoms with Crippen molar-refractivity contribution in [2.45, 2.75) is 39.7 Å². The van der Waals surface area contributed by atoms with Gasteiger partial charge in [-0.25, -0.2) is 0 Å². The normalized spacial score (nSPS) is 14.6. The van der Waals surface area contributed by atoms with Gasteiger partial charge in [-0.3, -0.25) is 10.1 Å². The lowest BCUT2D eigenvalue weighted by Crippen LogP contribution is -2.32. The summed E-state index contributed by atoms with van der Waals surface area (Å²) in [5, 5.41) is 14.4. The summed E-state index contributed by atoms with van der Waals surface area (Å²) in [5.41, 5.74) is 2.11. The Bertz CT molecular complexity index is 430. The Morgan fingerprint density at radius 3 is 2.33 bits per heavy atom. The first kappa shape index (κ1) is 14.6. The molecule has 2 atom stereocenters. The first-order valence-corrected chi connectivity index (χ1v) is 6.30. The molecule has 4 nitrogen and oxygen atoms in total. The maximum absolute atomic E-state index is 11.2. The zero-order valence-corrected chi connectivity index (χ0v) is 11.7. The molecule has 0 aliphatic heterocycles. The predicted octanol–water partition coefficient (Wildman–Crippen LogP) is 3.25. The quantitative estimate of drug-likeness (QED) is 0.644. The topological polar surface area (TPSA) is 55.2 Å². The van der Waals surface area contributed by atoms with E-state index in [4.69, 9.17) is 0 Å². The molecule has 1 aromatic carbocycles. The summed E-state index contributed by atoms with van der Waals surface area (Å²) in [6.07, 6.45) is 0. The van der Waals surface area contributed by atoms with E-state index < -0.39 is 0 Å². The van der Waals surface area contributed by atoms with Gasteiger partial charge in [0.15, 0.2) is 0 Å². The number of hydrogen-bond acceptors (Lipinski definition) is 3. The van der Waals surface area contributed by atoms with Crippen molar-refractivity contribution in [3.8, 4) is 0 Å². The lowest BCUT2D eigenvalue weighted by atomic mass is 9.82. The molecule has 0 fully saturated rings. The number of nitrogens with zero attached hydrogens (tertiary/aromatic N) is 1. The number of aryl methyl sites for hydroxylation is 1. The number of nitrogens with one attached hydrogen (secondary N) is 1. The number of rotatable bonds is 5. The lowest BCUT2D eigenvalue weighted by molar-refractivity contribution is -0.385. The Morgan fingerprint density at radius 1 is 1.28 bits per heavy atom. The second-order valence-corrected chi connectivity index (χ2v) is 5.17. The molecule has 4 heteroatoms. The second kappa shape index (κ2) is 5.96. The third kappa shape index (κ3) is 3.07. The van der Waals surface area contributed by atoms with Crippen LogP contribution in [0.4, 0.5) is 5.69 Å². The van der Waals surface area contributed by atoms with Crippen LogP contribution < -0.4 is 5.32 Å². The van der Waals surface area contributed by atoms with E-state index in [0.717, 1.165) is 11.1 Å². The Labute approximate surface area is 109 Å². The highest BCUT2D eigenvalue weighted by Gasteiger charge is 2.28. The van der Waals surface area contributed by atoms with E-state index in [0.29, 0.717) is 5.92 Å². The van der Waals surface area contributed by atoms with Crippen molar-refractivity contribution >= 4 is 5.69 Å². The average molecular weight is 250 g/mol. The van der Waals surface area contributed by atoms with Crippen LogP contribution in [-0.2, 0) is 0 Å². The number of benzene rings is 1. The summed E-state index contributed by atoms with van der Waals surface area (Å²) in [6.45, 7) is 8.24. The summed E-state index contributed by atoms with van der Waals surface area (Å²) >= 11 is 0. The summed E-state index contributed by atoms with van der Waals surface area (Å²) in [5.74, 6) is 0.475. The molecule has 0 saturated heterocycles. The molecule has 0 saturated carbocycles. The van der Waals surface area contributed by atoms with E-state index in [9.17, 15) is 10.1 Å². The standard InChI is InChI=1S/C14H22N2O2/c1-9(2)14(11(4)15-5)12-8-10(3)6-7-13(12)16(17)18/h6-9,11,14-15H,1-5H3. The number of likely N-dealkylation sites (N-methyl/N-ethyl adjacent to an activating group) is 1. The minimum atomic E-state index is -0.285. The fraction of sp³-hybridized carbons (Fsp3) is 0.571. The van der Waals surface area contributed by atoms with Crippen LogP contribution in [0.25, 0.3) is 0 Å². The van der Waals surface area contributed by atoms with E-state index in [1.165, 1.54) is 0 Å². The van der Waals surface area contributed by atoms with Gasteiger partial charge in [0, 0.05) is 23.6 Å². The maximum Gasteiger partial charge on any atom is 0.272 e. The molecule has 1 rings (SSSR count). The molecule has 100 valence electrons. The molecule has 0 spiro atoms. The van der Waals surface area contributed by atoms with Crippen molar-refractivity contribution < 1.29 is 4.92 Å². The van der Waals surface area contributed by atoms with Crippen molar-refractivity contribution in [2.75, 3.05) is 7.05 Å². The van der Waals surface area contributed by atoms with Gasteiger partial charge >= 0.3 is 0 Å². The summed E-state index contributed by atoms with van der Waals surface area (Å²) in [7, 11) is 1.89. The second-order valence-electron chi connectivity index (χ2n) is 5.17. The van der Waals surface area contributed by atoms with Crippen molar-refractivity contribution in [1.29, 1.82) is 0 Å². The van der Waals surface area contributed by atoms with Gasteiger partial charge in [0.05, 0.1) is 4.92 Å². The third-order valence-corrected chi connectivity index (χ3v) is 3.45. The van der Waals surface area contributed by atoms with E-state index in [1.54, 1.807) is 12.1 Å². The molecular weight excluding hydrogens is 228 g/mol. The third-order valence-electron chi connectivity index (χ3n) is 3.45. The van der Waals surface area contributed by atoms with E-state index in [1.807, 2.05) is 20.0 Å². The van der Waals surface area contributed by atoms with Gasteiger partial charge in [-0.1, -0.05) is 25.5 Å². The SMILES string of the molecule is CNC(C)C(c1cc(C)ccc1[N+](=O)[O-])C(C)C. The predicted molar refractivity (Wildman–Crippen MR) is 73.9 cm³/mol. The van der Waals surface area contributed by atoms with Gasteiger partial charge in [0.1, 0.15) is 0 Å². The molecule has 0 heterocycles. The zero-order chi connectivity index (χ0) is 13.9. The fourth-order valence-electron chi connectivity index (χ4n) is 2.49. The van der Waals surface area contributed by atoms with Crippen LogP contribution >= 0.6 is 0 Å². The van der Waals surface area contributed by atoms with Gasteiger partial charge < -0.3 is 5.32 Å². The van der Waals surface area contributed by atoms with Crippen molar-refractivity contribution in [3.63, 3.8) is 0 Å².